The molecule has 1 aromatic carbocycles. The molecule has 0 bridgehead atoms. The fourth-order valence-corrected chi connectivity index (χ4v) is 1.97. The second-order valence-corrected chi connectivity index (χ2v) is 4.35. The summed E-state index contributed by atoms with van der Waals surface area (Å²) in [6, 6.07) is 8.68. The van der Waals surface area contributed by atoms with Crippen LogP contribution in [0.4, 0.5) is 5.69 Å². The second-order valence-electron chi connectivity index (χ2n) is 4.35. The molecule has 2 rings (SSSR count). The Morgan fingerprint density at radius 3 is 2.47 bits per heavy atom. The topological polar surface area (TPSA) is 32.3 Å². The molecular weight excluding hydrogens is 186 g/mol. The van der Waals surface area contributed by atoms with Gasteiger partial charge in [-0.1, -0.05) is 19.1 Å². The van der Waals surface area contributed by atoms with Gasteiger partial charge in [-0.05, 0) is 42.9 Å². The summed E-state index contributed by atoms with van der Waals surface area (Å²) in [5.74, 6) is 0.882. The first-order valence-electron chi connectivity index (χ1n) is 5.80. The van der Waals surface area contributed by atoms with E-state index in [9.17, 15) is 0 Å². The molecule has 0 spiro atoms. The van der Waals surface area contributed by atoms with Crippen molar-refractivity contribution in [1.82, 2.24) is 0 Å². The predicted molar refractivity (Wildman–Crippen MR) is 62.8 cm³/mol. The zero-order valence-electron chi connectivity index (χ0n) is 9.24. The summed E-state index contributed by atoms with van der Waals surface area (Å²) in [5, 5.41) is 12.5. The van der Waals surface area contributed by atoms with Crippen LogP contribution < -0.4 is 5.32 Å². The van der Waals surface area contributed by atoms with Gasteiger partial charge in [0.15, 0.2) is 0 Å². The molecule has 1 aliphatic carbocycles. The molecule has 0 heterocycles. The molecular formula is C13H19NO. The third kappa shape index (κ3) is 2.72. The van der Waals surface area contributed by atoms with Crippen molar-refractivity contribution in [2.24, 2.45) is 5.92 Å². The van der Waals surface area contributed by atoms with E-state index in [4.69, 9.17) is 5.11 Å². The molecule has 0 aliphatic heterocycles. The van der Waals surface area contributed by atoms with Gasteiger partial charge in [-0.15, -0.1) is 0 Å². The molecule has 1 unspecified atom stereocenters. The summed E-state index contributed by atoms with van der Waals surface area (Å²) >= 11 is 0. The number of rotatable bonds is 5. The van der Waals surface area contributed by atoms with Gasteiger partial charge in [-0.2, -0.15) is 0 Å². The van der Waals surface area contributed by atoms with Crippen molar-refractivity contribution in [3.63, 3.8) is 0 Å². The van der Waals surface area contributed by atoms with E-state index < -0.39 is 0 Å². The highest BCUT2D eigenvalue weighted by molar-refractivity contribution is 5.45. The zero-order chi connectivity index (χ0) is 10.7. The first kappa shape index (κ1) is 10.5. The van der Waals surface area contributed by atoms with Crippen LogP contribution in [0.5, 0.6) is 0 Å². The lowest BCUT2D eigenvalue weighted by atomic mass is 10.1. The number of anilines is 1. The van der Waals surface area contributed by atoms with Crippen molar-refractivity contribution >= 4 is 5.69 Å². The quantitative estimate of drug-likeness (QED) is 0.774. The first-order valence-corrected chi connectivity index (χ1v) is 5.80. The van der Waals surface area contributed by atoms with Gasteiger partial charge in [0.1, 0.15) is 0 Å². The molecule has 1 fully saturated rings. The van der Waals surface area contributed by atoms with E-state index in [1.54, 1.807) is 0 Å². The Kier molecular flexibility index (Phi) is 3.27. The zero-order valence-corrected chi connectivity index (χ0v) is 9.24. The number of aliphatic hydroxyl groups excluding tert-OH is 1. The van der Waals surface area contributed by atoms with Crippen LogP contribution in [0.2, 0.25) is 0 Å². The van der Waals surface area contributed by atoms with E-state index in [2.05, 4.69) is 24.4 Å². The van der Waals surface area contributed by atoms with Gasteiger partial charge < -0.3 is 10.4 Å². The first-order chi connectivity index (χ1) is 7.33. The Balaban J connectivity index is 1.96. The maximum Gasteiger partial charge on any atom is 0.0681 e. The fraction of sp³-hybridized carbons (Fsp3) is 0.538. The molecule has 1 saturated carbocycles. The van der Waals surface area contributed by atoms with Gasteiger partial charge in [0.2, 0.25) is 0 Å². The van der Waals surface area contributed by atoms with Crippen molar-refractivity contribution in [2.75, 3.05) is 5.32 Å². The lowest BCUT2D eigenvalue weighted by Gasteiger charge is -2.17. The summed E-state index contributed by atoms with van der Waals surface area (Å²) in [5.41, 5.74) is 2.14. The largest absolute Gasteiger partial charge is 0.392 e. The molecule has 2 N–H and O–H groups in total. The molecule has 1 atom stereocenters. The molecule has 0 amide bonds. The van der Waals surface area contributed by atoms with Crippen LogP contribution in [0.25, 0.3) is 0 Å². The van der Waals surface area contributed by atoms with Crippen molar-refractivity contribution < 1.29 is 5.11 Å². The van der Waals surface area contributed by atoms with Crippen LogP contribution in [0.3, 0.4) is 0 Å². The van der Waals surface area contributed by atoms with Crippen LogP contribution >= 0.6 is 0 Å². The van der Waals surface area contributed by atoms with E-state index in [-0.39, 0.29) is 6.61 Å². The summed E-state index contributed by atoms with van der Waals surface area (Å²) < 4.78 is 0. The predicted octanol–water partition coefficient (Wildman–Crippen LogP) is 2.78. The molecule has 2 heteroatoms. The van der Waals surface area contributed by atoms with Crippen LogP contribution in [0, 0.1) is 5.92 Å². The standard InChI is InChI=1S/C13H19NO/c1-2-13(11-5-6-11)14-12-7-3-10(9-15)4-8-12/h3-4,7-8,11,13-15H,2,5-6,9H2,1H3. The third-order valence-corrected chi connectivity index (χ3v) is 3.12. The summed E-state index contributed by atoms with van der Waals surface area (Å²) in [7, 11) is 0. The number of benzene rings is 1. The average Bonchev–Trinajstić information content (AvgIpc) is 3.10. The molecule has 0 saturated heterocycles. The van der Waals surface area contributed by atoms with Crippen molar-refractivity contribution in [3.8, 4) is 0 Å². The van der Waals surface area contributed by atoms with Gasteiger partial charge in [0.25, 0.3) is 0 Å². The van der Waals surface area contributed by atoms with Crippen LogP contribution in [0.1, 0.15) is 31.7 Å². The highest BCUT2D eigenvalue weighted by Gasteiger charge is 2.29. The van der Waals surface area contributed by atoms with Gasteiger partial charge >= 0.3 is 0 Å². The SMILES string of the molecule is CCC(Nc1ccc(CO)cc1)C1CC1. The molecule has 1 aromatic rings. The minimum atomic E-state index is 0.125. The van der Waals surface area contributed by atoms with Gasteiger partial charge in [-0.25, -0.2) is 0 Å². The van der Waals surface area contributed by atoms with E-state index >= 15 is 0 Å². The minimum Gasteiger partial charge on any atom is -0.392 e. The molecule has 0 aromatic heterocycles. The maximum absolute atomic E-state index is 8.93. The molecule has 0 radical (unpaired) electrons. The highest BCUT2D eigenvalue weighted by atomic mass is 16.3. The number of nitrogens with one attached hydrogen (secondary N) is 1. The van der Waals surface area contributed by atoms with Crippen molar-refractivity contribution in [2.45, 2.75) is 38.8 Å². The normalized spacial score (nSPS) is 17.5. The van der Waals surface area contributed by atoms with E-state index in [1.807, 2.05) is 12.1 Å². The smallest absolute Gasteiger partial charge is 0.0681 e. The van der Waals surface area contributed by atoms with Crippen molar-refractivity contribution in [3.05, 3.63) is 29.8 Å². The maximum atomic E-state index is 8.93. The van der Waals surface area contributed by atoms with E-state index in [0.29, 0.717) is 6.04 Å². The van der Waals surface area contributed by atoms with Crippen LogP contribution in [-0.2, 0) is 6.61 Å². The van der Waals surface area contributed by atoms with Crippen molar-refractivity contribution in [1.29, 1.82) is 0 Å². The highest BCUT2D eigenvalue weighted by Crippen LogP contribution is 2.35. The Labute approximate surface area is 91.3 Å². The second kappa shape index (κ2) is 4.67. The number of hydrogen-bond acceptors (Lipinski definition) is 2. The third-order valence-electron chi connectivity index (χ3n) is 3.12. The van der Waals surface area contributed by atoms with Gasteiger partial charge in [0.05, 0.1) is 6.61 Å². The molecule has 1 aliphatic rings. The Morgan fingerprint density at radius 1 is 1.33 bits per heavy atom. The monoisotopic (exact) mass is 205 g/mol. The molecule has 82 valence electrons. The van der Waals surface area contributed by atoms with E-state index in [0.717, 1.165) is 11.5 Å². The number of hydrogen-bond donors (Lipinski definition) is 2. The summed E-state index contributed by atoms with van der Waals surface area (Å²) in [4.78, 5) is 0. The lowest BCUT2D eigenvalue weighted by Crippen LogP contribution is -2.20. The molecule has 2 nitrogen and oxygen atoms in total. The Bertz CT molecular complexity index is 303. The number of aliphatic hydroxyl groups is 1. The Hall–Kier alpha value is -1.02. The Morgan fingerprint density at radius 2 is 2.00 bits per heavy atom. The van der Waals surface area contributed by atoms with Gasteiger partial charge in [0, 0.05) is 11.7 Å². The fourth-order valence-electron chi connectivity index (χ4n) is 1.97. The average molecular weight is 205 g/mol. The summed E-state index contributed by atoms with van der Waals surface area (Å²) in [6.45, 7) is 2.36. The minimum absolute atomic E-state index is 0.125. The lowest BCUT2D eigenvalue weighted by molar-refractivity contribution is 0.282. The summed E-state index contributed by atoms with van der Waals surface area (Å²) in [6.07, 6.45) is 3.94. The van der Waals surface area contributed by atoms with Crippen LogP contribution in [0.15, 0.2) is 24.3 Å². The molecule has 15 heavy (non-hydrogen) atoms. The van der Waals surface area contributed by atoms with Gasteiger partial charge in [-0.3, -0.25) is 0 Å². The van der Waals surface area contributed by atoms with Crippen LogP contribution in [-0.4, -0.2) is 11.1 Å². The van der Waals surface area contributed by atoms with E-state index in [1.165, 1.54) is 24.9 Å².